The molecule has 0 unspecified atom stereocenters. The molecule has 1 rings (SSSR count). The van der Waals surface area contributed by atoms with Crippen LogP contribution in [0.3, 0.4) is 0 Å². The lowest BCUT2D eigenvalue weighted by atomic mass is 10.2. The topological polar surface area (TPSA) is 64.4 Å². The van der Waals surface area contributed by atoms with Crippen molar-refractivity contribution in [1.29, 1.82) is 0 Å². The van der Waals surface area contributed by atoms with E-state index >= 15 is 0 Å². The highest BCUT2D eigenvalue weighted by Crippen LogP contribution is 2.03. The molecule has 1 amide bonds. The lowest BCUT2D eigenvalue weighted by Crippen LogP contribution is -2.41. The molecular weight excluding hydrogens is 234 g/mol. The lowest BCUT2D eigenvalue weighted by molar-refractivity contribution is -0.143. The summed E-state index contributed by atoms with van der Waals surface area (Å²) in [5, 5.41) is 0. The van der Waals surface area contributed by atoms with Gasteiger partial charge >= 0.3 is 12.0 Å². The van der Waals surface area contributed by atoms with Gasteiger partial charge in [-0.3, -0.25) is 9.36 Å². The van der Waals surface area contributed by atoms with Crippen LogP contribution in [-0.2, 0) is 9.53 Å². The van der Waals surface area contributed by atoms with E-state index in [2.05, 4.69) is 4.98 Å². The first-order valence-corrected chi connectivity index (χ1v) is 5.97. The van der Waals surface area contributed by atoms with Crippen LogP contribution in [0.15, 0.2) is 18.7 Å². The van der Waals surface area contributed by atoms with Crippen molar-refractivity contribution < 1.29 is 14.3 Å². The molecule has 1 heterocycles. The van der Waals surface area contributed by atoms with Gasteiger partial charge in [0, 0.05) is 18.9 Å². The first-order valence-electron chi connectivity index (χ1n) is 5.97. The van der Waals surface area contributed by atoms with Gasteiger partial charge in [0.2, 0.25) is 0 Å². The summed E-state index contributed by atoms with van der Waals surface area (Å²) >= 11 is 0. The molecule has 0 aliphatic carbocycles. The SMILES string of the molecule is CCOC(=O)CN(CC(C)C)C(=O)n1ccnc1. The second-order valence-electron chi connectivity index (χ2n) is 4.33. The van der Waals surface area contributed by atoms with Crippen molar-refractivity contribution in [3.05, 3.63) is 18.7 Å². The third-order valence-electron chi connectivity index (χ3n) is 2.21. The molecule has 18 heavy (non-hydrogen) atoms. The highest BCUT2D eigenvalue weighted by molar-refractivity contribution is 5.82. The molecule has 1 aromatic rings. The quantitative estimate of drug-likeness (QED) is 0.743. The fourth-order valence-electron chi connectivity index (χ4n) is 1.55. The number of carbonyl (C=O) groups is 2. The molecule has 0 atom stereocenters. The number of imidazole rings is 1. The molecule has 0 saturated heterocycles. The second kappa shape index (κ2) is 6.78. The predicted molar refractivity (Wildman–Crippen MR) is 66.1 cm³/mol. The van der Waals surface area contributed by atoms with Gasteiger partial charge in [-0.15, -0.1) is 0 Å². The number of rotatable bonds is 5. The molecule has 6 nitrogen and oxygen atoms in total. The van der Waals surface area contributed by atoms with Gasteiger partial charge < -0.3 is 9.64 Å². The van der Waals surface area contributed by atoms with E-state index in [1.165, 1.54) is 22.0 Å². The molecule has 100 valence electrons. The molecule has 0 radical (unpaired) electrons. The van der Waals surface area contributed by atoms with Crippen LogP contribution in [0.5, 0.6) is 0 Å². The van der Waals surface area contributed by atoms with Gasteiger partial charge in [0.05, 0.1) is 6.61 Å². The zero-order valence-electron chi connectivity index (χ0n) is 11.0. The minimum atomic E-state index is -0.397. The Balaban J connectivity index is 2.71. The van der Waals surface area contributed by atoms with Crippen molar-refractivity contribution >= 4 is 12.0 Å². The third-order valence-corrected chi connectivity index (χ3v) is 2.21. The minimum Gasteiger partial charge on any atom is -0.465 e. The zero-order chi connectivity index (χ0) is 13.5. The Bertz CT molecular complexity index is 387. The fraction of sp³-hybridized carbons (Fsp3) is 0.583. The van der Waals surface area contributed by atoms with E-state index in [9.17, 15) is 9.59 Å². The van der Waals surface area contributed by atoms with Crippen molar-refractivity contribution in [2.75, 3.05) is 19.7 Å². The Hall–Kier alpha value is -1.85. The first kappa shape index (κ1) is 14.2. The smallest absolute Gasteiger partial charge is 0.329 e. The predicted octanol–water partition coefficient (Wildman–Crippen LogP) is 1.37. The second-order valence-corrected chi connectivity index (χ2v) is 4.33. The van der Waals surface area contributed by atoms with Crippen LogP contribution in [0.2, 0.25) is 0 Å². The maximum absolute atomic E-state index is 12.1. The van der Waals surface area contributed by atoms with E-state index in [1.54, 1.807) is 13.1 Å². The van der Waals surface area contributed by atoms with Gasteiger partial charge in [-0.05, 0) is 12.8 Å². The monoisotopic (exact) mass is 253 g/mol. The molecular formula is C12H19N3O3. The molecule has 0 fully saturated rings. The summed E-state index contributed by atoms with van der Waals surface area (Å²) in [5.41, 5.74) is 0. The average Bonchev–Trinajstić information content (AvgIpc) is 2.80. The maximum Gasteiger partial charge on any atom is 0.329 e. The van der Waals surface area contributed by atoms with Crippen LogP contribution in [0, 0.1) is 5.92 Å². The van der Waals surface area contributed by atoms with Gasteiger partial charge in [-0.1, -0.05) is 13.8 Å². The van der Waals surface area contributed by atoms with Crippen molar-refractivity contribution in [2.45, 2.75) is 20.8 Å². The largest absolute Gasteiger partial charge is 0.465 e. The van der Waals surface area contributed by atoms with Gasteiger partial charge in [-0.2, -0.15) is 0 Å². The number of hydrogen-bond acceptors (Lipinski definition) is 4. The van der Waals surface area contributed by atoms with Crippen molar-refractivity contribution in [3.8, 4) is 0 Å². The molecule has 0 bridgehead atoms. The van der Waals surface area contributed by atoms with Crippen LogP contribution in [0.25, 0.3) is 0 Å². The van der Waals surface area contributed by atoms with E-state index in [1.807, 2.05) is 13.8 Å². The molecule has 0 saturated carbocycles. The van der Waals surface area contributed by atoms with Crippen molar-refractivity contribution in [1.82, 2.24) is 14.5 Å². The average molecular weight is 253 g/mol. The summed E-state index contributed by atoms with van der Waals surface area (Å²) in [6, 6.07) is -0.269. The van der Waals surface area contributed by atoms with Crippen molar-refractivity contribution in [2.24, 2.45) is 5.92 Å². The number of carbonyl (C=O) groups excluding carboxylic acids is 2. The van der Waals surface area contributed by atoms with Crippen LogP contribution in [0.4, 0.5) is 4.79 Å². The van der Waals surface area contributed by atoms with E-state index in [-0.39, 0.29) is 18.5 Å². The number of esters is 1. The standard InChI is InChI=1S/C12H19N3O3/c1-4-18-11(16)8-15(7-10(2)3)12(17)14-6-5-13-9-14/h5-6,9-10H,4,7-8H2,1-3H3. The number of amides is 1. The molecule has 0 aliphatic rings. The Labute approximate surface area is 107 Å². The Kier molecular flexibility index (Phi) is 5.35. The molecule has 0 aromatic carbocycles. The zero-order valence-corrected chi connectivity index (χ0v) is 11.0. The Morgan fingerprint density at radius 3 is 2.67 bits per heavy atom. The van der Waals surface area contributed by atoms with Crippen LogP contribution in [0.1, 0.15) is 20.8 Å². The number of hydrogen-bond donors (Lipinski definition) is 0. The van der Waals surface area contributed by atoms with E-state index in [0.29, 0.717) is 13.2 Å². The van der Waals surface area contributed by atoms with Crippen LogP contribution >= 0.6 is 0 Å². The van der Waals surface area contributed by atoms with Crippen LogP contribution < -0.4 is 0 Å². The van der Waals surface area contributed by atoms with Crippen molar-refractivity contribution in [3.63, 3.8) is 0 Å². The number of aromatic nitrogens is 2. The summed E-state index contributed by atoms with van der Waals surface area (Å²) < 4.78 is 6.21. The summed E-state index contributed by atoms with van der Waals surface area (Å²) in [4.78, 5) is 28.9. The van der Waals surface area contributed by atoms with E-state index < -0.39 is 5.97 Å². The number of nitrogens with zero attached hydrogens (tertiary/aromatic N) is 3. The lowest BCUT2D eigenvalue weighted by Gasteiger charge is -2.23. The Morgan fingerprint density at radius 1 is 1.44 bits per heavy atom. The summed E-state index contributed by atoms with van der Waals surface area (Å²) in [6.45, 7) is 6.48. The van der Waals surface area contributed by atoms with Gasteiger partial charge in [-0.25, -0.2) is 9.78 Å². The molecule has 6 heteroatoms. The normalized spacial score (nSPS) is 10.4. The van der Waals surface area contributed by atoms with Gasteiger partial charge in [0.15, 0.2) is 0 Å². The third kappa shape index (κ3) is 4.20. The fourth-order valence-corrected chi connectivity index (χ4v) is 1.55. The highest BCUT2D eigenvalue weighted by Gasteiger charge is 2.20. The van der Waals surface area contributed by atoms with Crippen LogP contribution in [-0.4, -0.2) is 46.1 Å². The van der Waals surface area contributed by atoms with Gasteiger partial charge in [0.25, 0.3) is 0 Å². The summed E-state index contributed by atoms with van der Waals surface area (Å²) in [7, 11) is 0. The summed E-state index contributed by atoms with van der Waals surface area (Å²) in [5.74, 6) is -0.126. The minimum absolute atomic E-state index is 0.0387. The highest BCUT2D eigenvalue weighted by atomic mass is 16.5. The van der Waals surface area contributed by atoms with Gasteiger partial charge in [0.1, 0.15) is 12.9 Å². The Morgan fingerprint density at radius 2 is 2.17 bits per heavy atom. The first-order chi connectivity index (χ1) is 8.54. The molecule has 0 aliphatic heterocycles. The molecule has 0 spiro atoms. The maximum atomic E-state index is 12.1. The molecule has 1 aromatic heterocycles. The number of ether oxygens (including phenoxy) is 1. The van der Waals surface area contributed by atoms with E-state index in [0.717, 1.165) is 0 Å². The van der Waals surface area contributed by atoms with E-state index in [4.69, 9.17) is 4.74 Å². The summed E-state index contributed by atoms with van der Waals surface area (Å²) in [6.07, 6.45) is 4.50. The molecule has 0 N–H and O–H groups in total.